The van der Waals surface area contributed by atoms with Gasteiger partial charge in [-0.2, -0.15) is 0 Å². The second kappa shape index (κ2) is 13.7. The molecule has 0 amide bonds. The van der Waals surface area contributed by atoms with Gasteiger partial charge in [0.15, 0.2) is 0 Å². The van der Waals surface area contributed by atoms with Gasteiger partial charge in [-0.15, -0.1) is 49.8 Å². The molecular weight excluding hydrogens is 245 g/mol. The molecule has 0 aromatic carbocycles. The lowest BCUT2D eigenvalue weighted by atomic mass is 10.6. The van der Waals surface area contributed by atoms with Crippen molar-refractivity contribution in [1.82, 2.24) is 4.90 Å². The average molecular weight is 259 g/mol. The van der Waals surface area contributed by atoms with Crippen molar-refractivity contribution in [3.63, 3.8) is 0 Å². The van der Waals surface area contributed by atoms with Crippen molar-refractivity contribution in [2.24, 2.45) is 0 Å². The van der Waals surface area contributed by atoms with Crippen LogP contribution >= 0.6 is 62.1 Å². The Kier molecular flexibility index (Phi) is 28.3. The van der Waals surface area contributed by atoms with Gasteiger partial charge < -0.3 is 4.90 Å². The number of hydrogen-bond donors (Lipinski definition) is 1. The Hall–Kier alpha value is 1.11. The summed E-state index contributed by atoms with van der Waals surface area (Å²) in [6.45, 7) is 6.04. The van der Waals surface area contributed by atoms with Crippen LogP contribution in [0.15, 0.2) is 0 Å². The van der Waals surface area contributed by atoms with Crippen LogP contribution < -0.4 is 0 Å². The van der Waals surface area contributed by atoms with Gasteiger partial charge in [0, 0.05) is 13.1 Å². The summed E-state index contributed by atoms with van der Waals surface area (Å²) in [5, 5.41) is 0. The van der Waals surface area contributed by atoms with Crippen LogP contribution in [0.2, 0.25) is 0 Å². The van der Waals surface area contributed by atoms with E-state index in [9.17, 15) is 0 Å². The number of nitrogens with zero attached hydrogens (tertiary/aromatic N) is 1. The predicted molar refractivity (Wildman–Crippen MR) is 66.2 cm³/mol. The Bertz CT molecular complexity index is 87.8. The van der Waals surface area contributed by atoms with E-state index in [1.54, 1.807) is 0 Å². The molecule has 0 radical (unpaired) electrons. The van der Waals surface area contributed by atoms with E-state index in [0.717, 1.165) is 13.1 Å². The van der Waals surface area contributed by atoms with Crippen molar-refractivity contribution in [1.29, 1.82) is 0 Å². The van der Waals surface area contributed by atoms with Crippen molar-refractivity contribution in [3.8, 4) is 0 Å². The summed E-state index contributed by atoms with van der Waals surface area (Å²) in [7, 11) is 0. The fourth-order valence-electron chi connectivity index (χ4n) is 0.494. The van der Waals surface area contributed by atoms with Gasteiger partial charge in [-0.25, -0.2) is 0 Å². The van der Waals surface area contributed by atoms with Crippen molar-refractivity contribution < 1.29 is 0 Å². The third kappa shape index (κ3) is 11.1. The Morgan fingerprint density at radius 1 is 1.18 bits per heavy atom. The maximum Gasteiger partial charge on any atom is 0.133 e. The van der Waals surface area contributed by atoms with Gasteiger partial charge in [0.05, 0.1) is 0 Å². The first-order valence-corrected chi connectivity index (χ1v) is 3.55. The Balaban J connectivity index is -0.0000000817. The molecule has 0 aliphatic rings. The van der Waals surface area contributed by atoms with Crippen molar-refractivity contribution in [3.05, 3.63) is 0 Å². The molecule has 0 rings (SSSR count). The van der Waals surface area contributed by atoms with Crippen LogP contribution in [0.25, 0.3) is 0 Å². The van der Waals surface area contributed by atoms with E-state index in [2.05, 4.69) is 26.5 Å². The normalized spacial score (nSPS) is 6.45. The van der Waals surface area contributed by atoms with Crippen LogP contribution in [0.3, 0.4) is 0 Å². The maximum absolute atomic E-state index is 4.81. The lowest BCUT2D eigenvalue weighted by Gasteiger charge is -2.16. The van der Waals surface area contributed by atoms with Crippen molar-refractivity contribution in [2.75, 3.05) is 13.1 Å². The maximum atomic E-state index is 4.81. The van der Waals surface area contributed by atoms with E-state index in [1.807, 2.05) is 4.90 Å². The number of halogens is 3. The van der Waals surface area contributed by atoms with Crippen LogP contribution in [-0.2, 0) is 0 Å². The number of thiol groups is 1. The first-order chi connectivity index (χ1) is 3.72. The highest BCUT2D eigenvalue weighted by atomic mass is 35.5. The standard InChI is InChI=1S/C5H11NS2.3ClH/c1-3-6(4-2)5(7)8;;;/h3-4H2,1-2H3,(H,7,8);3*1H. The smallest absolute Gasteiger partial charge is 0.133 e. The number of rotatable bonds is 2. The molecule has 0 unspecified atom stereocenters. The molecule has 0 bridgehead atoms. The summed E-state index contributed by atoms with van der Waals surface area (Å²) < 4.78 is 0.690. The molecule has 0 spiro atoms. The summed E-state index contributed by atoms with van der Waals surface area (Å²) in [4.78, 5) is 2.01. The van der Waals surface area contributed by atoms with Crippen LogP contribution in [0.5, 0.6) is 0 Å². The number of thiocarbonyl (C=S) groups is 1. The lowest BCUT2D eigenvalue weighted by molar-refractivity contribution is 0.482. The average Bonchev–Trinajstić information content (AvgIpc) is 1.69. The second-order valence-electron chi connectivity index (χ2n) is 1.45. The fourth-order valence-corrected chi connectivity index (χ4v) is 1.04. The summed E-state index contributed by atoms with van der Waals surface area (Å²) in [5.74, 6) is 0. The third-order valence-electron chi connectivity index (χ3n) is 1.03. The zero-order chi connectivity index (χ0) is 6.57. The summed E-state index contributed by atoms with van der Waals surface area (Å²) in [5.41, 5.74) is 0. The van der Waals surface area contributed by atoms with Crippen LogP contribution in [0.1, 0.15) is 13.8 Å². The minimum atomic E-state index is 0. The Morgan fingerprint density at radius 3 is 1.45 bits per heavy atom. The molecule has 0 heterocycles. The molecule has 6 heteroatoms. The molecule has 0 N–H and O–H groups in total. The van der Waals surface area contributed by atoms with E-state index in [1.165, 1.54) is 0 Å². The first-order valence-electron chi connectivity index (χ1n) is 2.70. The number of hydrogen-bond acceptors (Lipinski definition) is 1. The molecule has 1 nitrogen and oxygen atoms in total. The topological polar surface area (TPSA) is 3.24 Å². The molecule has 0 saturated carbocycles. The van der Waals surface area contributed by atoms with E-state index in [0.29, 0.717) is 4.32 Å². The molecule has 0 atom stereocenters. The lowest BCUT2D eigenvalue weighted by Crippen LogP contribution is -2.24. The van der Waals surface area contributed by atoms with E-state index in [4.69, 9.17) is 12.2 Å². The highest BCUT2D eigenvalue weighted by molar-refractivity contribution is 8.10. The quantitative estimate of drug-likeness (QED) is 0.599. The molecule has 0 saturated heterocycles. The summed E-state index contributed by atoms with van der Waals surface area (Å²) in [6, 6.07) is 0. The molecular formula is C5H14Cl3NS2. The van der Waals surface area contributed by atoms with Gasteiger partial charge in [-0.3, -0.25) is 0 Å². The Labute approximate surface area is 97.9 Å². The van der Waals surface area contributed by atoms with Crippen molar-refractivity contribution in [2.45, 2.75) is 13.8 Å². The molecule has 0 aromatic rings. The van der Waals surface area contributed by atoms with Gasteiger partial charge in [-0.05, 0) is 13.8 Å². The highest BCUT2D eigenvalue weighted by Crippen LogP contribution is 1.93. The molecule has 0 fully saturated rings. The molecule has 0 aliphatic carbocycles. The second-order valence-corrected chi connectivity index (χ2v) is 2.57. The van der Waals surface area contributed by atoms with Gasteiger partial charge in [0.2, 0.25) is 0 Å². The van der Waals surface area contributed by atoms with Crippen LogP contribution in [0.4, 0.5) is 0 Å². The van der Waals surface area contributed by atoms with Crippen LogP contribution in [-0.4, -0.2) is 22.3 Å². The van der Waals surface area contributed by atoms with Gasteiger partial charge in [0.25, 0.3) is 0 Å². The summed E-state index contributed by atoms with van der Waals surface area (Å²) >= 11 is 8.82. The van der Waals surface area contributed by atoms with Gasteiger partial charge in [0.1, 0.15) is 4.32 Å². The SMILES string of the molecule is CCN(CC)C(=S)S.Cl.Cl.Cl. The Morgan fingerprint density at radius 2 is 1.45 bits per heavy atom. The fraction of sp³-hybridized carbons (Fsp3) is 0.800. The zero-order valence-electron chi connectivity index (χ0n) is 6.44. The third-order valence-corrected chi connectivity index (χ3v) is 1.58. The summed E-state index contributed by atoms with van der Waals surface area (Å²) in [6.07, 6.45) is 0. The molecule has 0 aromatic heterocycles. The predicted octanol–water partition coefficient (Wildman–Crippen LogP) is 2.81. The van der Waals surface area contributed by atoms with E-state index in [-0.39, 0.29) is 37.2 Å². The molecule has 11 heavy (non-hydrogen) atoms. The zero-order valence-corrected chi connectivity index (χ0v) is 10.6. The largest absolute Gasteiger partial charge is 0.358 e. The molecule has 0 aliphatic heterocycles. The van der Waals surface area contributed by atoms with E-state index < -0.39 is 0 Å². The highest BCUT2D eigenvalue weighted by Gasteiger charge is 1.96. The van der Waals surface area contributed by atoms with Gasteiger partial charge in [-0.1, -0.05) is 12.2 Å². The monoisotopic (exact) mass is 257 g/mol. The minimum absolute atomic E-state index is 0. The van der Waals surface area contributed by atoms with E-state index >= 15 is 0 Å². The van der Waals surface area contributed by atoms with Gasteiger partial charge >= 0.3 is 0 Å². The van der Waals surface area contributed by atoms with Crippen molar-refractivity contribution >= 4 is 66.4 Å². The van der Waals surface area contributed by atoms with Crippen LogP contribution in [0, 0.1) is 0 Å². The minimum Gasteiger partial charge on any atom is -0.358 e. The first kappa shape index (κ1) is 22.7. The molecule has 72 valence electrons.